The minimum absolute atomic E-state index is 0.570. The van der Waals surface area contributed by atoms with Crippen LogP contribution in [0, 0.1) is 12.3 Å². The summed E-state index contributed by atoms with van der Waals surface area (Å²) in [6.45, 7) is 1.90. The maximum Gasteiger partial charge on any atom is 0.128 e. The number of terminal acetylenes is 1. The summed E-state index contributed by atoms with van der Waals surface area (Å²) in [7, 11) is 0. The molecule has 2 rings (SSSR count). The highest BCUT2D eigenvalue weighted by molar-refractivity contribution is 5.84. The van der Waals surface area contributed by atoms with Gasteiger partial charge in [-0.05, 0) is 24.3 Å². The van der Waals surface area contributed by atoms with E-state index in [4.69, 9.17) is 11.2 Å². The number of aromatic nitrogens is 1. The van der Waals surface area contributed by atoms with Crippen LogP contribution >= 0.6 is 0 Å². The van der Waals surface area contributed by atoms with Gasteiger partial charge >= 0.3 is 0 Å². The van der Waals surface area contributed by atoms with Gasteiger partial charge in [-0.15, -0.1) is 6.42 Å². The topological polar surface area (TPSA) is 34.1 Å². The Hall–Kier alpha value is -2.05. The second-order valence-corrected chi connectivity index (χ2v) is 3.56. The third-order valence-corrected chi connectivity index (χ3v) is 2.37. The van der Waals surface area contributed by atoms with Crippen molar-refractivity contribution >= 4 is 10.9 Å². The first-order chi connectivity index (χ1) is 8.42. The van der Waals surface area contributed by atoms with Crippen LogP contribution in [-0.4, -0.2) is 24.7 Å². The van der Waals surface area contributed by atoms with E-state index in [1.165, 1.54) is 0 Å². The van der Waals surface area contributed by atoms with Crippen molar-refractivity contribution in [2.24, 2.45) is 0 Å². The van der Waals surface area contributed by atoms with Crippen LogP contribution in [0.3, 0.4) is 0 Å². The zero-order valence-electron chi connectivity index (χ0n) is 9.52. The molecular formula is C14H14N2O. The zero-order valence-corrected chi connectivity index (χ0v) is 9.52. The van der Waals surface area contributed by atoms with Gasteiger partial charge in [0.05, 0.1) is 12.1 Å². The lowest BCUT2D eigenvalue weighted by Crippen LogP contribution is -2.21. The Labute approximate surface area is 101 Å². The minimum Gasteiger partial charge on any atom is -0.492 e. The third kappa shape index (κ3) is 2.96. The highest BCUT2D eigenvalue weighted by Crippen LogP contribution is 2.23. The molecule has 0 aliphatic rings. The first-order valence-electron chi connectivity index (χ1n) is 5.52. The van der Waals surface area contributed by atoms with Gasteiger partial charge in [0.25, 0.3) is 0 Å². The Bertz CT molecular complexity index is 526. The number of nitrogens with one attached hydrogen (secondary N) is 1. The van der Waals surface area contributed by atoms with E-state index in [-0.39, 0.29) is 0 Å². The van der Waals surface area contributed by atoms with Gasteiger partial charge < -0.3 is 10.1 Å². The van der Waals surface area contributed by atoms with Crippen molar-refractivity contribution in [2.75, 3.05) is 19.7 Å². The van der Waals surface area contributed by atoms with Crippen LogP contribution in [0.4, 0.5) is 0 Å². The van der Waals surface area contributed by atoms with Crippen LogP contribution < -0.4 is 10.1 Å². The summed E-state index contributed by atoms with van der Waals surface area (Å²) in [6, 6.07) is 9.78. The molecule has 0 bridgehead atoms. The van der Waals surface area contributed by atoms with Gasteiger partial charge in [0.2, 0.25) is 0 Å². The number of ether oxygens (including phenoxy) is 1. The molecular weight excluding hydrogens is 212 g/mol. The van der Waals surface area contributed by atoms with E-state index in [0.29, 0.717) is 13.2 Å². The second kappa shape index (κ2) is 5.88. The molecule has 0 aliphatic carbocycles. The van der Waals surface area contributed by atoms with Crippen molar-refractivity contribution in [1.29, 1.82) is 0 Å². The van der Waals surface area contributed by atoms with Gasteiger partial charge in [-0.2, -0.15) is 0 Å². The standard InChI is InChI=1S/C14H14N2O/c1-2-8-15-10-11-17-14-7-3-6-13-12(14)5-4-9-16-13/h1,3-7,9,15H,8,10-11H2. The summed E-state index contributed by atoms with van der Waals surface area (Å²) in [6.07, 6.45) is 6.91. The summed E-state index contributed by atoms with van der Waals surface area (Å²) >= 11 is 0. The molecule has 0 aliphatic heterocycles. The van der Waals surface area contributed by atoms with Gasteiger partial charge in [-0.3, -0.25) is 4.98 Å². The lowest BCUT2D eigenvalue weighted by Gasteiger charge is -2.08. The van der Waals surface area contributed by atoms with E-state index in [1.807, 2.05) is 30.3 Å². The molecule has 0 unspecified atom stereocenters. The molecule has 1 aromatic heterocycles. The normalized spacial score (nSPS) is 10.1. The predicted molar refractivity (Wildman–Crippen MR) is 68.9 cm³/mol. The summed E-state index contributed by atoms with van der Waals surface area (Å²) in [5, 5.41) is 4.11. The number of pyridine rings is 1. The van der Waals surface area contributed by atoms with Crippen LogP contribution in [0.25, 0.3) is 10.9 Å². The van der Waals surface area contributed by atoms with Crippen molar-refractivity contribution in [2.45, 2.75) is 0 Å². The van der Waals surface area contributed by atoms with Crippen LogP contribution in [0.5, 0.6) is 5.75 Å². The van der Waals surface area contributed by atoms with Crippen molar-refractivity contribution < 1.29 is 4.74 Å². The Morgan fingerprint density at radius 2 is 2.24 bits per heavy atom. The smallest absolute Gasteiger partial charge is 0.128 e. The highest BCUT2D eigenvalue weighted by atomic mass is 16.5. The fraction of sp³-hybridized carbons (Fsp3) is 0.214. The van der Waals surface area contributed by atoms with Gasteiger partial charge in [0, 0.05) is 18.1 Å². The fourth-order valence-corrected chi connectivity index (χ4v) is 1.59. The number of fused-ring (bicyclic) bond motifs is 1. The van der Waals surface area contributed by atoms with Crippen molar-refractivity contribution in [3.63, 3.8) is 0 Å². The number of rotatable bonds is 5. The second-order valence-electron chi connectivity index (χ2n) is 3.56. The highest BCUT2D eigenvalue weighted by Gasteiger charge is 2.01. The summed E-state index contributed by atoms with van der Waals surface area (Å²) in [4.78, 5) is 4.28. The molecule has 0 saturated heterocycles. The van der Waals surface area contributed by atoms with E-state index in [0.717, 1.165) is 23.2 Å². The molecule has 1 heterocycles. The Kier molecular flexibility index (Phi) is 3.95. The first kappa shape index (κ1) is 11.4. The van der Waals surface area contributed by atoms with E-state index in [2.05, 4.69) is 16.2 Å². The fourth-order valence-electron chi connectivity index (χ4n) is 1.59. The van der Waals surface area contributed by atoms with Crippen molar-refractivity contribution in [3.05, 3.63) is 36.5 Å². The van der Waals surface area contributed by atoms with E-state index in [9.17, 15) is 0 Å². The van der Waals surface area contributed by atoms with E-state index >= 15 is 0 Å². The van der Waals surface area contributed by atoms with Crippen molar-refractivity contribution in [3.8, 4) is 18.1 Å². The average Bonchev–Trinajstić information content (AvgIpc) is 2.39. The molecule has 0 amide bonds. The average molecular weight is 226 g/mol. The number of benzene rings is 1. The molecule has 0 radical (unpaired) electrons. The molecule has 1 aromatic carbocycles. The number of nitrogens with zero attached hydrogens (tertiary/aromatic N) is 1. The van der Waals surface area contributed by atoms with Crippen LogP contribution in [-0.2, 0) is 0 Å². The molecule has 3 nitrogen and oxygen atoms in total. The summed E-state index contributed by atoms with van der Waals surface area (Å²) in [5.74, 6) is 3.38. The molecule has 0 saturated carbocycles. The molecule has 1 N–H and O–H groups in total. The number of hydrogen-bond donors (Lipinski definition) is 1. The molecule has 3 heteroatoms. The SMILES string of the molecule is C#CCNCCOc1cccc2ncccc12. The molecule has 17 heavy (non-hydrogen) atoms. The monoisotopic (exact) mass is 226 g/mol. The maximum absolute atomic E-state index is 5.69. The van der Waals surface area contributed by atoms with Gasteiger partial charge in [0.1, 0.15) is 12.4 Å². The lowest BCUT2D eigenvalue weighted by atomic mass is 10.2. The van der Waals surface area contributed by atoms with Crippen molar-refractivity contribution in [1.82, 2.24) is 10.3 Å². The van der Waals surface area contributed by atoms with Gasteiger partial charge in [0.15, 0.2) is 0 Å². The van der Waals surface area contributed by atoms with Crippen LogP contribution in [0.2, 0.25) is 0 Å². The summed E-state index contributed by atoms with van der Waals surface area (Å²) < 4.78 is 5.69. The van der Waals surface area contributed by atoms with E-state index in [1.54, 1.807) is 6.20 Å². The van der Waals surface area contributed by atoms with Crippen LogP contribution in [0.15, 0.2) is 36.5 Å². The minimum atomic E-state index is 0.570. The van der Waals surface area contributed by atoms with Crippen LogP contribution in [0.1, 0.15) is 0 Å². The zero-order chi connectivity index (χ0) is 11.9. The Morgan fingerprint density at radius 3 is 3.12 bits per heavy atom. The predicted octanol–water partition coefficient (Wildman–Crippen LogP) is 1.84. The molecule has 86 valence electrons. The molecule has 0 fully saturated rings. The van der Waals surface area contributed by atoms with Gasteiger partial charge in [-0.1, -0.05) is 12.0 Å². The lowest BCUT2D eigenvalue weighted by molar-refractivity contribution is 0.320. The third-order valence-electron chi connectivity index (χ3n) is 2.37. The summed E-state index contributed by atoms with van der Waals surface area (Å²) in [5.41, 5.74) is 0.946. The number of hydrogen-bond acceptors (Lipinski definition) is 3. The molecule has 0 spiro atoms. The van der Waals surface area contributed by atoms with E-state index < -0.39 is 0 Å². The maximum atomic E-state index is 5.69. The first-order valence-corrected chi connectivity index (χ1v) is 5.52. The van der Waals surface area contributed by atoms with Gasteiger partial charge in [-0.25, -0.2) is 0 Å². The molecule has 0 atom stereocenters. The quantitative estimate of drug-likeness (QED) is 0.624. The Morgan fingerprint density at radius 1 is 1.29 bits per heavy atom. The Balaban J connectivity index is 2.01. The largest absolute Gasteiger partial charge is 0.492 e. The molecule has 2 aromatic rings.